The third-order valence-corrected chi connectivity index (χ3v) is 6.01. The molecule has 0 aromatic carbocycles. The topological polar surface area (TPSA) is 84.0 Å². The highest BCUT2D eigenvalue weighted by Gasteiger charge is 2.23. The average molecular weight is 412 g/mol. The molecule has 0 unspecified atom stereocenters. The molecule has 3 aromatic rings. The number of hydrogen-bond donors (Lipinski definition) is 1. The molecular weight excluding hydrogens is 386 g/mol. The molecule has 1 N–H and O–H groups in total. The fourth-order valence-corrected chi connectivity index (χ4v) is 4.37. The first kappa shape index (κ1) is 19.9. The minimum Gasteiger partial charge on any atom is -0.384 e. The maximum atomic E-state index is 12.2. The van der Waals surface area contributed by atoms with Crippen LogP contribution >= 0.6 is 11.3 Å². The number of H-pyrrole nitrogens is 1. The van der Waals surface area contributed by atoms with Crippen LogP contribution in [0.2, 0.25) is 0 Å². The van der Waals surface area contributed by atoms with E-state index in [0.29, 0.717) is 12.4 Å². The van der Waals surface area contributed by atoms with Crippen LogP contribution in [0.15, 0.2) is 40.8 Å². The lowest BCUT2D eigenvalue weighted by Crippen LogP contribution is -2.34. The maximum Gasteiger partial charge on any atom is 0.251 e. The summed E-state index contributed by atoms with van der Waals surface area (Å²) in [5.74, 6) is 1.73. The van der Waals surface area contributed by atoms with Gasteiger partial charge in [0.1, 0.15) is 11.6 Å². The zero-order chi connectivity index (χ0) is 20.1. The van der Waals surface area contributed by atoms with E-state index in [4.69, 9.17) is 9.72 Å². The highest BCUT2D eigenvalue weighted by molar-refractivity contribution is 7.13. The first-order valence-corrected chi connectivity index (χ1v) is 10.8. The summed E-state index contributed by atoms with van der Waals surface area (Å²) >= 11 is 1.58. The Morgan fingerprint density at radius 3 is 2.97 bits per heavy atom. The van der Waals surface area contributed by atoms with Crippen LogP contribution in [0, 0.1) is 0 Å². The van der Waals surface area contributed by atoms with Crippen LogP contribution < -0.4 is 5.56 Å². The van der Waals surface area contributed by atoms with E-state index in [9.17, 15) is 4.79 Å². The van der Waals surface area contributed by atoms with Gasteiger partial charge in [0.2, 0.25) is 0 Å². The summed E-state index contributed by atoms with van der Waals surface area (Å²) in [5.41, 5.74) is 1.90. The summed E-state index contributed by atoms with van der Waals surface area (Å²) in [5, 5.41) is 1.99. The van der Waals surface area contributed by atoms with E-state index in [0.717, 1.165) is 60.9 Å². The molecule has 7 nitrogen and oxygen atoms in total. The first-order valence-electron chi connectivity index (χ1n) is 9.87. The molecule has 1 aliphatic rings. The molecule has 0 aliphatic carbocycles. The van der Waals surface area contributed by atoms with Gasteiger partial charge in [0.05, 0.1) is 17.2 Å². The second-order valence-corrected chi connectivity index (χ2v) is 8.27. The van der Waals surface area contributed by atoms with Crippen molar-refractivity contribution < 1.29 is 4.74 Å². The molecule has 4 rings (SSSR count). The molecular formula is C21H25N5O2S. The molecule has 4 heterocycles. The van der Waals surface area contributed by atoms with Crippen LogP contribution in [0.1, 0.15) is 35.8 Å². The number of hydrogen-bond acceptors (Lipinski definition) is 7. The molecule has 152 valence electrons. The van der Waals surface area contributed by atoms with Gasteiger partial charge in [0.25, 0.3) is 5.56 Å². The number of aromatic amines is 1. The van der Waals surface area contributed by atoms with Gasteiger partial charge in [-0.05, 0) is 30.8 Å². The second kappa shape index (κ2) is 9.39. The van der Waals surface area contributed by atoms with E-state index < -0.39 is 0 Å². The third kappa shape index (κ3) is 5.14. The van der Waals surface area contributed by atoms with Crippen LogP contribution in [-0.4, -0.2) is 51.6 Å². The Bertz CT molecular complexity index is 971. The Balaban J connectivity index is 1.44. The van der Waals surface area contributed by atoms with E-state index in [1.54, 1.807) is 24.5 Å². The van der Waals surface area contributed by atoms with E-state index in [1.165, 1.54) is 0 Å². The molecule has 0 spiro atoms. The van der Waals surface area contributed by atoms with Gasteiger partial charge in [-0.3, -0.25) is 9.69 Å². The van der Waals surface area contributed by atoms with E-state index in [2.05, 4.69) is 19.9 Å². The fraction of sp³-hybridized carbons (Fsp3) is 0.429. The number of nitrogens with one attached hydrogen (secondary N) is 1. The monoisotopic (exact) mass is 411 g/mol. The van der Waals surface area contributed by atoms with Gasteiger partial charge in [-0.1, -0.05) is 6.07 Å². The number of likely N-dealkylation sites (tertiary alicyclic amines) is 1. The van der Waals surface area contributed by atoms with Crippen LogP contribution in [-0.2, 0) is 17.7 Å². The second-order valence-electron chi connectivity index (χ2n) is 7.32. The van der Waals surface area contributed by atoms with E-state index in [-0.39, 0.29) is 11.5 Å². The maximum absolute atomic E-state index is 12.2. The minimum atomic E-state index is -0.0874. The Kier molecular flexibility index (Phi) is 6.43. The summed E-state index contributed by atoms with van der Waals surface area (Å²) in [4.78, 5) is 32.1. The SMILES string of the molecule is COCCc1ncc(CN2CCC[C@H](c3cc(=O)[nH]c(-c4cccs4)n3)C2)cn1. The molecule has 0 saturated carbocycles. The zero-order valence-electron chi connectivity index (χ0n) is 16.5. The van der Waals surface area contributed by atoms with Gasteiger partial charge in [0, 0.05) is 56.6 Å². The standard InChI is InChI=1S/C21H25N5O2S/c1-28-8-6-19-22-11-15(12-23-19)13-26-7-2-4-16(14-26)17-10-20(27)25-21(24-17)18-5-3-9-29-18/h3,5,9-12,16H,2,4,6-8,13-14H2,1H3,(H,24,25,27)/t16-/m0/s1. The number of methoxy groups -OCH3 is 1. The molecule has 3 aromatic heterocycles. The zero-order valence-corrected chi connectivity index (χ0v) is 17.3. The summed E-state index contributed by atoms with van der Waals surface area (Å²) in [6.07, 6.45) is 6.66. The lowest BCUT2D eigenvalue weighted by molar-refractivity contribution is 0.197. The Labute approximate surface area is 173 Å². The molecule has 0 bridgehead atoms. The lowest BCUT2D eigenvalue weighted by atomic mass is 9.94. The largest absolute Gasteiger partial charge is 0.384 e. The van der Waals surface area contributed by atoms with E-state index >= 15 is 0 Å². The molecule has 1 fully saturated rings. The van der Waals surface area contributed by atoms with Gasteiger partial charge in [-0.25, -0.2) is 15.0 Å². The highest BCUT2D eigenvalue weighted by Crippen LogP contribution is 2.28. The Hall–Kier alpha value is -2.42. The van der Waals surface area contributed by atoms with E-state index in [1.807, 2.05) is 29.9 Å². The lowest BCUT2D eigenvalue weighted by Gasteiger charge is -2.32. The summed E-state index contributed by atoms with van der Waals surface area (Å²) in [6, 6.07) is 5.60. The molecule has 8 heteroatoms. The van der Waals surface area contributed by atoms with Crippen molar-refractivity contribution in [2.24, 2.45) is 0 Å². The number of ether oxygens (including phenoxy) is 1. The van der Waals surface area contributed by atoms with Crippen LogP contribution in [0.5, 0.6) is 0 Å². The van der Waals surface area contributed by atoms with Crippen molar-refractivity contribution in [1.29, 1.82) is 0 Å². The van der Waals surface area contributed by atoms with Crippen molar-refractivity contribution in [2.75, 3.05) is 26.8 Å². The predicted octanol–water partition coefficient (Wildman–Crippen LogP) is 2.86. The summed E-state index contributed by atoms with van der Waals surface area (Å²) < 4.78 is 5.07. The van der Waals surface area contributed by atoms with Crippen LogP contribution in [0.3, 0.4) is 0 Å². The van der Waals surface area contributed by atoms with Gasteiger partial charge in [0.15, 0.2) is 0 Å². The van der Waals surface area contributed by atoms with Crippen molar-refractivity contribution in [3.63, 3.8) is 0 Å². The van der Waals surface area contributed by atoms with Crippen molar-refractivity contribution in [1.82, 2.24) is 24.8 Å². The van der Waals surface area contributed by atoms with Gasteiger partial charge in [-0.15, -0.1) is 11.3 Å². The van der Waals surface area contributed by atoms with Gasteiger partial charge >= 0.3 is 0 Å². The highest BCUT2D eigenvalue weighted by atomic mass is 32.1. The van der Waals surface area contributed by atoms with Gasteiger partial charge < -0.3 is 9.72 Å². The van der Waals surface area contributed by atoms with Crippen LogP contribution in [0.4, 0.5) is 0 Å². The van der Waals surface area contributed by atoms with Crippen molar-refractivity contribution in [3.8, 4) is 10.7 Å². The number of nitrogens with zero attached hydrogens (tertiary/aromatic N) is 4. The molecule has 1 aliphatic heterocycles. The molecule has 1 atom stereocenters. The Morgan fingerprint density at radius 1 is 1.34 bits per heavy atom. The fourth-order valence-electron chi connectivity index (χ4n) is 3.70. The van der Waals surface area contributed by atoms with Crippen LogP contribution in [0.25, 0.3) is 10.7 Å². The quantitative estimate of drug-likeness (QED) is 0.644. The predicted molar refractivity (Wildman–Crippen MR) is 113 cm³/mol. The minimum absolute atomic E-state index is 0.0874. The summed E-state index contributed by atoms with van der Waals surface area (Å²) in [6.45, 7) is 3.35. The first-order chi connectivity index (χ1) is 14.2. The molecule has 1 saturated heterocycles. The van der Waals surface area contributed by atoms with Crippen molar-refractivity contribution in [3.05, 3.63) is 63.4 Å². The summed E-state index contributed by atoms with van der Waals surface area (Å²) in [7, 11) is 1.68. The van der Waals surface area contributed by atoms with Crippen molar-refractivity contribution >= 4 is 11.3 Å². The molecule has 0 radical (unpaired) electrons. The Morgan fingerprint density at radius 2 is 2.21 bits per heavy atom. The molecule has 0 amide bonds. The third-order valence-electron chi connectivity index (χ3n) is 5.13. The smallest absolute Gasteiger partial charge is 0.251 e. The normalized spacial score (nSPS) is 17.5. The average Bonchev–Trinajstić information content (AvgIpc) is 3.28. The van der Waals surface area contributed by atoms with Crippen molar-refractivity contribution in [2.45, 2.75) is 31.7 Å². The number of piperidine rings is 1. The molecule has 29 heavy (non-hydrogen) atoms. The number of aromatic nitrogens is 4. The number of rotatable bonds is 7. The number of thiophene rings is 1. The van der Waals surface area contributed by atoms with Gasteiger partial charge in [-0.2, -0.15) is 0 Å².